The van der Waals surface area contributed by atoms with E-state index in [-0.39, 0.29) is 12.4 Å². The molecule has 2 aromatic rings. The molecule has 0 radical (unpaired) electrons. The van der Waals surface area contributed by atoms with Gasteiger partial charge in [-0.05, 0) is 71.1 Å². The molecule has 0 aromatic heterocycles. The number of nitrogens with zero attached hydrogens (tertiary/aromatic N) is 1. The summed E-state index contributed by atoms with van der Waals surface area (Å²) in [5.41, 5.74) is 7.00. The Morgan fingerprint density at radius 2 is 1.89 bits per heavy atom. The van der Waals surface area contributed by atoms with Crippen LogP contribution in [0.2, 0.25) is 0 Å². The summed E-state index contributed by atoms with van der Waals surface area (Å²) < 4.78 is 6.42. The number of nitrogens with one attached hydrogen (secondary N) is 2. The van der Waals surface area contributed by atoms with Crippen LogP contribution in [0.25, 0.3) is 0 Å². The van der Waals surface area contributed by atoms with E-state index in [1.165, 1.54) is 4.90 Å². The predicted octanol–water partition coefficient (Wildman–Crippen LogP) is 1.31. The molecule has 0 saturated carbocycles. The van der Waals surface area contributed by atoms with Crippen molar-refractivity contribution < 1.29 is 19.4 Å². The van der Waals surface area contributed by atoms with E-state index in [4.69, 9.17) is 15.9 Å². The normalized spacial score (nSPS) is 17.9. The van der Waals surface area contributed by atoms with E-state index in [0.717, 1.165) is 3.57 Å². The Morgan fingerprint density at radius 1 is 1.25 bits per heavy atom. The van der Waals surface area contributed by atoms with Crippen LogP contribution in [0.5, 0.6) is 0 Å². The number of hydrogen-bond acceptors (Lipinski definition) is 5. The number of rotatable bonds is 5. The van der Waals surface area contributed by atoms with Crippen LogP contribution in [0.15, 0.2) is 48.5 Å². The minimum Gasteiger partial charge on any atom is -0.384 e. The molecule has 2 aromatic carbocycles. The van der Waals surface area contributed by atoms with Gasteiger partial charge in [0.15, 0.2) is 12.2 Å². The summed E-state index contributed by atoms with van der Waals surface area (Å²) in [4.78, 5) is 26.6. The van der Waals surface area contributed by atoms with Gasteiger partial charge in [0.05, 0.1) is 6.61 Å². The number of morpholine rings is 1. The number of ether oxygens (including phenoxy) is 1. The number of aliphatic hydroxyl groups excluding tert-OH is 1. The van der Waals surface area contributed by atoms with Crippen LogP contribution in [0.1, 0.15) is 5.56 Å². The maximum absolute atomic E-state index is 12.8. The van der Waals surface area contributed by atoms with Crippen LogP contribution >= 0.6 is 22.6 Å². The second-order valence-corrected chi connectivity index (χ2v) is 7.43. The third-order valence-electron chi connectivity index (χ3n) is 4.28. The lowest BCUT2D eigenvalue weighted by Crippen LogP contribution is -2.55. The molecule has 0 unspecified atom stereocenters. The van der Waals surface area contributed by atoms with Gasteiger partial charge in [-0.3, -0.25) is 15.0 Å². The van der Waals surface area contributed by atoms with E-state index < -0.39 is 24.0 Å². The minimum absolute atomic E-state index is 0.0881. The number of amides is 2. The number of nitrogen functional groups attached to an aromatic ring is 1. The van der Waals surface area contributed by atoms with Crippen LogP contribution in [-0.2, 0) is 14.3 Å². The molecule has 1 aliphatic rings. The Labute approximate surface area is 175 Å². The number of aliphatic hydroxyl groups is 1. The summed E-state index contributed by atoms with van der Waals surface area (Å²) in [5, 5.41) is 20.3. The van der Waals surface area contributed by atoms with Crippen LogP contribution in [0.4, 0.5) is 11.4 Å². The number of nitrogens with two attached hydrogens (primary N) is 1. The SMILES string of the molecule is N=C(N)c1ccc(NC(=O)[C@H](O)[C@H]2OCCN(c3ccc(I)cc3)C2=O)cc1. The molecule has 2 atom stereocenters. The molecule has 9 heteroatoms. The molecule has 3 rings (SSSR count). The largest absolute Gasteiger partial charge is 0.384 e. The van der Waals surface area contributed by atoms with Gasteiger partial charge in [0.1, 0.15) is 5.84 Å². The number of hydrogen-bond donors (Lipinski definition) is 4. The van der Waals surface area contributed by atoms with E-state index >= 15 is 0 Å². The summed E-state index contributed by atoms with van der Waals surface area (Å²) in [6, 6.07) is 13.6. The van der Waals surface area contributed by atoms with Crippen LogP contribution in [0, 0.1) is 8.98 Å². The highest BCUT2D eigenvalue weighted by Crippen LogP contribution is 2.22. The standard InChI is InChI=1S/C19H19IN4O4/c20-12-3-7-14(8-4-12)24-9-10-28-16(19(24)27)15(25)18(26)23-13-5-1-11(2-6-13)17(21)22/h1-8,15-16,25H,9-10H2,(H3,21,22)(H,23,26)/t15-,16-/m1/s1. The maximum atomic E-state index is 12.8. The van der Waals surface area contributed by atoms with Crippen molar-refractivity contribution in [3.8, 4) is 0 Å². The zero-order valence-corrected chi connectivity index (χ0v) is 16.9. The average Bonchev–Trinajstić information content (AvgIpc) is 2.69. The topological polar surface area (TPSA) is 129 Å². The molecule has 8 nitrogen and oxygen atoms in total. The zero-order valence-electron chi connectivity index (χ0n) is 14.8. The Balaban J connectivity index is 1.69. The molecule has 0 spiro atoms. The van der Waals surface area contributed by atoms with Gasteiger partial charge < -0.3 is 25.8 Å². The monoisotopic (exact) mass is 494 g/mol. The molecule has 2 amide bonds. The van der Waals surface area contributed by atoms with Crippen molar-refractivity contribution >= 4 is 51.6 Å². The molecule has 28 heavy (non-hydrogen) atoms. The lowest BCUT2D eigenvalue weighted by molar-refractivity contribution is -0.150. The summed E-state index contributed by atoms with van der Waals surface area (Å²) in [6.07, 6.45) is -2.95. The second-order valence-electron chi connectivity index (χ2n) is 6.18. The van der Waals surface area contributed by atoms with Crippen molar-refractivity contribution in [2.75, 3.05) is 23.4 Å². The van der Waals surface area contributed by atoms with E-state index in [9.17, 15) is 14.7 Å². The van der Waals surface area contributed by atoms with Gasteiger partial charge in [-0.2, -0.15) is 0 Å². The van der Waals surface area contributed by atoms with Crippen LogP contribution < -0.4 is 16.0 Å². The van der Waals surface area contributed by atoms with Crippen molar-refractivity contribution in [3.05, 3.63) is 57.7 Å². The fourth-order valence-corrected chi connectivity index (χ4v) is 3.16. The summed E-state index contributed by atoms with van der Waals surface area (Å²) in [7, 11) is 0. The number of amidine groups is 1. The van der Waals surface area contributed by atoms with Crippen LogP contribution in [0.3, 0.4) is 0 Å². The minimum atomic E-state index is -1.66. The highest BCUT2D eigenvalue weighted by Gasteiger charge is 2.39. The first-order chi connectivity index (χ1) is 13.4. The van der Waals surface area contributed by atoms with Gasteiger partial charge >= 0.3 is 0 Å². The van der Waals surface area contributed by atoms with E-state index in [0.29, 0.717) is 23.5 Å². The maximum Gasteiger partial charge on any atom is 0.259 e. The van der Waals surface area contributed by atoms with Crippen molar-refractivity contribution in [2.45, 2.75) is 12.2 Å². The molecule has 0 bridgehead atoms. The smallest absolute Gasteiger partial charge is 0.259 e. The highest BCUT2D eigenvalue weighted by molar-refractivity contribution is 14.1. The van der Waals surface area contributed by atoms with Gasteiger partial charge in [0.25, 0.3) is 11.8 Å². The van der Waals surface area contributed by atoms with Gasteiger partial charge in [-0.1, -0.05) is 0 Å². The molecule has 146 valence electrons. The fraction of sp³-hybridized carbons (Fsp3) is 0.211. The number of carbonyl (C=O) groups is 2. The Bertz CT molecular complexity index is 886. The molecule has 1 fully saturated rings. The molecule has 5 N–H and O–H groups in total. The first-order valence-electron chi connectivity index (χ1n) is 8.49. The lowest BCUT2D eigenvalue weighted by atomic mass is 10.1. The quantitative estimate of drug-likeness (QED) is 0.283. The third kappa shape index (κ3) is 4.49. The van der Waals surface area contributed by atoms with Crippen molar-refractivity contribution in [1.29, 1.82) is 5.41 Å². The zero-order chi connectivity index (χ0) is 20.3. The van der Waals surface area contributed by atoms with Gasteiger partial charge in [0, 0.05) is 27.1 Å². The van der Waals surface area contributed by atoms with Crippen LogP contribution in [-0.4, -0.2) is 48.1 Å². The van der Waals surface area contributed by atoms with Gasteiger partial charge in [-0.15, -0.1) is 0 Å². The van der Waals surface area contributed by atoms with E-state index in [1.807, 2.05) is 24.3 Å². The third-order valence-corrected chi connectivity index (χ3v) is 5.00. The first kappa shape index (κ1) is 20.2. The predicted molar refractivity (Wildman–Crippen MR) is 113 cm³/mol. The Morgan fingerprint density at radius 3 is 2.50 bits per heavy atom. The number of carbonyl (C=O) groups excluding carboxylic acids is 2. The lowest BCUT2D eigenvalue weighted by Gasteiger charge is -2.34. The van der Waals surface area contributed by atoms with Crippen molar-refractivity contribution in [2.24, 2.45) is 5.73 Å². The molecular weight excluding hydrogens is 475 g/mol. The molecule has 1 aliphatic heterocycles. The highest BCUT2D eigenvalue weighted by atomic mass is 127. The van der Waals surface area contributed by atoms with Crippen molar-refractivity contribution in [3.63, 3.8) is 0 Å². The Kier molecular flexibility index (Phi) is 6.27. The number of halogens is 1. The molecule has 1 heterocycles. The average molecular weight is 494 g/mol. The van der Waals surface area contributed by atoms with E-state index in [1.54, 1.807) is 24.3 Å². The number of benzene rings is 2. The molecule has 0 aliphatic carbocycles. The number of anilines is 2. The summed E-state index contributed by atoms with van der Waals surface area (Å²) in [5.74, 6) is -1.31. The van der Waals surface area contributed by atoms with Gasteiger partial charge in [-0.25, -0.2) is 0 Å². The summed E-state index contributed by atoms with van der Waals surface area (Å²) >= 11 is 2.17. The first-order valence-corrected chi connectivity index (χ1v) is 9.56. The van der Waals surface area contributed by atoms with Crippen molar-refractivity contribution in [1.82, 2.24) is 0 Å². The molecular formula is C19H19IN4O4. The molecule has 1 saturated heterocycles. The summed E-state index contributed by atoms with van der Waals surface area (Å²) in [6.45, 7) is 0.552. The second kappa shape index (κ2) is 8.67. The van der Waals surface area contributed by atoms with Gasteiger partial charge in [0.2, 0.25) is 0 Å². The Hall–Kier alpha value is -2.50. The van der Waals surface area contributed by atoms with E-state index in [2.05, 4.69) is 27.9 Å². The fourth-order valence-electron chi connectivity index (χ4n) is 2.80.